The Kier molecular flexibility index (Phi) is 2.89. The average Bonchev–Trinajstić information content (AvgIpc) is 2.89. The predicted molar refractivity (Wildman–Crippen MR) is 76.9 cm³/mol. The first-order valence-electron chi connectivity index (χ1n) is 6.49. The molecule has 1 heterocycles. The number of hydrogen-bond acceptors (Lipinski definition) is 0. The number of hydrogen-bond donors (Lipinski definition) is 1. The maximum Gasteiger partial charge on any atom is 0.0489 e. The summed E-state index contributed by atoms with van der Waals surface area (Å²) in [7, 11) is 0. The van der Waals surface area contributed by atoms with Crippen LogP contribution >= 0.6 is 0 Å². The number of nitrogens with one attached hydrogen (secondary N) is 1. The van der Waals surface area contributed by atoms with Crippen LogP contribution in [0.1, 0.15) is 23.6 Å². The molecule has 0 saturated carbocycles. The Balaban J connectivity index is 1.93. The molecule has 0 spiro atoms. The third kappa shape index (κ3) is 2.04. The van der Waals surface area contributed by atoms with E-state index >= 15 is 0 Å². The number of aromatic nitrogens is 1. The maximum absolute atomic E-state index is 3.33. The lowest BCUT2D eigenvalue weighted by Crippen LogP contribution is -1.90. The second-order valence-corrected chi connectivity index (χ2v) is 4.71. The summed E-state index contributed by atoms with van der Waals surface area (Å²) in [6, 6.07) is 17.5. The number of H-pyrrole nitrogens is 1. The lowest BCUT2D eigenvalue weighted by Gasteiger charge is -2.05. The van der Waals surface area contributed by atoms with Gasteiger partial charge in [-0.25, -0.2) is 0 Å². The smallest absolute Gasteiger partial charge is 0.0489 e. The van der Waals surface area contributed by atoms with Crippen LogP contribution in [0, 0.1) is 0 Å². The molecule has 3 rings (SSSR count). The van der Waals surface area contributed by atoms with E-state index in [-0.39, 0.29) is 0 Å². The largest absolute Gasteiger partial charge is 0.361 e. The van der Waals surface area contributed by atoms with Crippen LogP contribution in [0.25, 0.3) is 10.9 Å². The fraction of sp³-hybridized carbons (Fsp3) is 0.176. The molecule has 0 fully saturated rings. The number of para-hydroxylation sites is 1. The lowest BCUT2D eigenvalue weighted by molar-refractivity contribution is 1.12. The minimum atomic E-state index is 0.988. The molecule has 0 aliphatic heterocycles. The summed E-state index contributed by atoms with van der Waals surface area (Å²) in [4.78, 5) is 3.33. The molecule has 0 saturated heterocycles. The second kappa shape index (κ2) is 4.69. The van der Waals surface area contributed by atoms with E-state index in [0.717, 1.165) is 12.8 Å². The molecule has 0 amide bonds. The SMILES string of the molecule is CCc1ccc(Cc2cccc3cc[nH]c23)cc1. The molecule has 0 unspecified atom stereocenters. The Morgan fingerprint density at radius 1 is 0.889 bits per heavy atom. The third-order valence-electron chi connectivity index (χ3n) is 3.50. The van der Waals surface area contributed by atoms with Gasteiger partial charge in [0, 0.05) is 11.7 Å². The summed E-state index contributed by atoms with van der Waals surface area (Å²) in [6.45, 7) is 2.19. The fourth-order valence-electron chi connectivity index (χ4n) is 2.41. The van der Waals surface area contributed by atoms with Gasteiger partial charge in [0.05, 0.1) is 0 Å². The number of benzene rings is 2. The average molecular weight is 235 g/mol. The predicted octanol–water partition coefficient (Wildman–Crippen LogP) is 4.32. The molecule has 0 radical (unpaired) electrons. The van der Waals surface area contributed by atoms with Crippen molar-refractivity contribution in [2.75, 3.05) is 0 Å². The van der Waals surface area contributed by atoms with Gasteiger partial charge in [-0.3, -0.25) is 0 Å². The molecule has 1 heteroatoms. The Morgan fingerprint density at radius 2 is 1.67 bits per heavy atom. The second-order valence-electron chi connectivity index (χ2n) is 4.71. The van der Waals surface area contributed by atoms with Gasteiger partial charge in [-0.05, 0) is 41.0 Å². The van der Waals surface area contributed by atoms with Crippen molar-refractivity contribution < 1.29 is 0 Å². The highest BCUT2D eigenvalue weighted by Crippen LogP contribution is 2.20. The summed E-state index contributed by atoms with van der Waals surface area (Å²) < 4.78 is 0. The van der Waals surface area contributed by atoms with Crippen molar-refractivity contribution in [3.63, 3.8) is 0 Å². The molecule has 1 aromatic heterocycles. The van der Waals surface area contributed by atoms with Gasteiger partial charge < -0.3 is 4.98 Å². The van der Waals surface area contributed by atoms with Crippen LogP contribution in [0.4, 0.5) is 0 Å². The third-order valence-corrected chi connectivity index (χ3v) is 3.50. The van der Waals surface area contributed by atoms with Crippen LogP contribution < -0.4 is 0 Å². The van der Waals surface area contributed by atoms with Gasteiger partial charge in [-0.15, -0.1) is 0 Å². The molecule has 1 N–H and O–H groups in total. The van der Waals surface area contributed by atoms with Crippen molar-refractivity contribution >= 4 is 10.9 Å². The molecular weight excluding hydrogens is 218 g/mol. The van der Waals surface area contributed by atoms with E-state index in [1.165, 1.54) is 27.6 Å². The Bertz CT molecular complexity index is 647. The van der Waals surface area contributed by atoms with Crippen LogP contribution in [-0.2, 0) is 12.8 Å². The lowest BCUT2D eigenvalue weighted by atomic mass is 10.0. The molecule has 0 aliphatic carbocycles. The summed E-state index contributed by atoms with van der Waals surface area (Å²) in [5.41, 5.74) is 5.39. The summed E-state index contributed by atoms with van der Waals surface area (Å²) in [5.74, 6) is 0. The zero-order valence-electron chi connectivity index (χ0n) is 10.6. The quantitative estimate of drug-likeness (QED) is 0.696. The van der Waals surface area contributed by atoms with Gasteiger partial charge in [0.15, 0.2) is 0 Å². The van der Waals surface area contributed by atoms with Crippen LogP contribution in [-0.4, -0.2) is 4.98 Å². The van der Waals surface area contributed by atoms with Gasteiger partial charge in [-0.2, -0.15) is 0 Å². The van der Waals surface area contributed by atoms with E-state index in [1.807, 2.05) is 6.20 Å². The number of aromatic amines is 1. The van der Waals surface area contributed by atoms with Crippen molar-refractivity contribution in [2.45, 2.75) is 19.8 Å². The monoisotopic (exact) mass is 235 g/mol. The standard InChI is InChI=1S/C17H17N/c1-2-13-6-8-14(9-7-13)12-16-5-3-4-15-10-11-18-17(15)16/h3-11,18H,2,12H2,1H3. The van der Waals surface area contributed by atoms with Crippen LogP contribution in [0.15, 0.2) is 54.7 Å². The Morgan fingerprint density at radius 3 is 2.44 bits per heavy atom. The molecular formula is C17H17N. The van der Waals surface area contributed by atoms with Crippen molar-refractivity contribution in [2.24, 2.45) is 0 Å². The summed E-state index contributed by atoms with van der Waals surface area (Å²) in [5, 5.41) is 1.29. The van der Waals surface area contributed by atoms with Gasteiger partial charge in [0.2, 0.25) is 0 Å². The normalized spacial score (nSPS) is 10.9. The highest BCUT2D eigenvalue weighted by molar-refractivity contribution is 5.82. The summed E-state index contributed by atoms with van der Waals surface area (Å²) in [6.07, 6.45) is 4.10. The molecule has 3 aromatic rings. The van der Waals surface area contributed by atoms with E-state index in [4.69, 9.17) is 0 Å². The molecule has 1 nitrogen and oxygen atoms in total. The first-order chi connectivity index (χ1) is 8.86. The van der Waals surface area contributed by atoms with E-state index < -0.39 is 0 Å². The first-order valence-corrected chi connectivity index (χ1v) is 6.49. The van der Waals surface area contributed by atoms with E-state index in [9.17, 15) is 0 Å². The van der Waals surface area contributed by atoms with Crippen molar-refractivity contribution in [3.05, 3.63) is 71.4 Å². The van der Waals surface area contributed by atoms with Crippen LogP contribution in [0.5, 0.6) is 0 Å². The highest BCUT2D eigenvalue weighted by atomic mass is 14.7. The zero-order chi connectivity index (χ0) is 12.4. The van der Waals surface area contributed by atoms with E-state index in [2.05, 4.69) is 60.4 Å². The van der Waals surface area contributed by atoms with E-state index in [1.54, 1.807) is 0 Å². The molecule has 0 atom stereocenters. The van der Waals surface area contributed by atoms with Crippen molar-refractivity contribution in [1.29, 1.82) is 0 Å². The highest BCUT2D eigenvalue weighted by Gasteiger charge is 2.02. The van der Waals surface area contributed by atoms with Crippen molar-refractivity contribution in [3.8, 4) is 0 Å². The van der Waals surface area contributed by atoms with Gasteiger partial charge >= 0.3 is 0 Å². The van der Waals surface area contributed by atoms with E-state index in [0.29, 0.717) is 0 Å². The molecule has 0 aliphatic rings. The minimum Gasteiger partial charge on any atom is -0.361 e. The maximum atomic E-state index is 3.33. The minimum absolute atomic E-state index is 0.988. The molecule has 18 heavy (non-hydrogen) atoms. The fourth-order valence-corrected chi connectivity index (χ4v) is 2.41. The zero-order valence-corrected chi connectivity index (χ0v) is 10.6. The van der Waals surface area contributed by atoms with Crippen molar-refractivity contribution in [1.82, 2.24) is 4.98 Å². The number of aryl methyl sites for hydroxylation is 1. The Labute approximate surface area is 107 Å². The molecule has 2 aromatic carbocycles. The number of rotatable bonds is 3. The van der Waals surface area contributed by atoms with Crippen LogP contribution in [0.2, 0.25) is 0 Å². The molecule has 0 bridgehead atoms. The van der Waals surface area contributed by atoms with Gasteiger partial charge in [0.25, 0.3) is 0 Å². The molecule has 90 valence electrons. The number of fused-ring (bicyclic) bond motifs is 1. The summed E-state index contributed by atoms with van der Waals surface area (Å²) >= 11 is 0. The van der Waals surface area contributed by atoms with Gasteiger partial charge in [-0.1, -0.05) is 49.4 Å². The van der Waals surface area contributed by atoms with Crippen LogP contribution in [0.3, 0.4) is 0 Å². The first kappa shape index (κ1) is 11.1. The van der Waals surface area contributed by atoms with Gasteiger partial charge in [0.1, 0.15) is 0 Å². The Hall–Kier alpha value is -2.02. The topological polar surface area (TPSA) is 15.8 Å².